The van der Waals surface area contributed by atoms with Crippen LogP contribution >= 0.6 is 23.2 Å². The van der Waals surface area contributed by atoms with Crippen LogP contribution in [0.1, 0.15) is 54.6 Å². The molecule has 0 fully saturated rings. The van der Waals surface area contributed by atoms with Crippen molar-refractivity contribution in [3.8, 4) is 5.82 Å². The fourth-order valence-corrected chi connectivity index (χ4v) is 5.00. The summed E-state index contributed by atoms with van der Waals surface area (Å²) in [6.07, 6.45) is -3.56. The van der Waals surface area contributed by atoms with Crippen LogP contribution in [0.25, 0.3) is 5.82 Å². The SMILES string of the molecule is Cc1cccc(CNC(=O)c2cc(Cl)cc(C)c2CC(=O)c2cc(Cn3nnc(C(F)(F)F)n3)nn2-c2ncccc2Cl)c1. The summed E-state index contributed by atoms with van der Waals surface area (Å²) in [5, 5.41) is 17.6. The molecule has 0 spiro atoms. The molecule has 15 heteroatoms. The number of carbonyl (C=O) groups excluding carboxylic acids is 2. The highest BCUT2D eigenvalue weighted by Gasteiger charge is 2.37. The molecule has 1 amide bonds. The van der Waals surface area contributed by atoms with Crippen molar-refractivity contribution >= 4 is 34.9 Å². The summed E-state index contributed by atoms with van der Waals surface area (Å²) < 4.78 is 40.1. The number of hydrogen-bond acceptors (Lipinski definition) is 7. The Balaban J connectivity index is 1.47. The van der Waals surface area contributed by atoms with Crippen LogP contribution in [0, 0.1) is 13.8 Å². The van der Waals surface area contributed by atoms with Crippen molar-refractivity contribution in [1.82, 2.24) is 40.3 Å². The van der Waals surface area contributed by atoms with Crippen molar-refractivity contribution in [2.75, 3.05) is 0 Å². The third kappa shape index (κ3) is 6.95. The lowest BCUT2D eigenvalue weighted by Crippen LogP contribution is -2.25. The number of Topliss-reactive ketones (excluding diaryl/α,β-unsaturated/α-hetero) is 1. The normalized spacial score (nSPS) is 11.5. The molecule has 0 aliphatic rings. The number of alkyl halides is 3. The molecule has 3 aromatic heterocycles. The van der Waals surface area contributed by atoms with E-state index in [0.717, 1.165) is 11.1 Å². The van der Waals surface area contributed by atoms with Crippen molar-refractivity contribution in [3.05, 3.63) is 116 Å². The number of nitrogens with one attached hydrogen (secondary N) is 1. The van der Waals surface area contributed by atoms with Crippen molar-refractivity contribution in [1.29, 1.82) is 0 Å². The molecule has 0 unspecified atom stereocenters. The van der Waals surface area contributed by atoms with E-state index in [1.165, 1.54) is 23.0 Å². The minimum Gasteiger partial charge on any atom is -0.348 e. The molecule has 226 valence electrons. The van der Waals surface area contributed by atoms with Gasteiger partial charge in [-0.15, -0.1) is 10.2 Å². The molecule has 0 saturated heterocycles. The molecule has 2 aromatic carbocycles. The zero-order valence-corrected chi connectivity index (χ0v) is 24.7. The maximum absolute atomic E-state index is 13.9. The largest absolute Gasteiger partial charge is 0.455 e. The summed E-state index contributed by atoms with van der Waals surface area (Å²) in [6.45, 7) is 3.62. The first-order valence-corrected chi connectivity index (χ1v) is 13.9. The van der Waals surface area contributed by atoms with Gasteiger partial charge in [0.05, 0.1) is 10.7 Å². The lowest BCUT2D eigenvalue weighted by atomic mass is 9.95. The van der Waals surface area contributed by atoms with E-state index in [4.69, 9.17) is 23.2 Å². The first kappa shape index (κ1) is 30.8. The lowest BCUT2D eigenvalue weighted by molar-refractivity contribution is -0.145. The van der Waals surface area contributed by atoms with Gasteiger partial charge in [-0.2, -0.15) is 23.1 Å². The number of hydrogen-bond donors (Lipinski definition) is 1. The van der Waals surface area contributed by atoms with E-state index in [1.54, 1.807) is 25.1 Å². The molecule has 1 N–H and O–H groups in total. The van der Waals surface area contributed by atoms with E-state index >= 15 is 0 Å². The smallest absolute Gasteiger partial charge is 0.348 e. The Bertz CT molecular complexity index is 1870. The van der Waals surface area contributed by atoms with E-state index in [9.17, 15) is 22.8 Å². The number of aryl methyl sites for hydroxylation is 2. The van der Waals surface area contributed by atoms with E-state index in [2.05, 4.69) is 30.8 Å². The highest BCUT2D eigenvalue weighted by molar-refractivity contribution is 6.32. The maximum atomic E-state index is 13.9. The highest BCUT2D eigenvalue weighted by Crippen LogP contribution is 2.27. The Morgan fingerprint density at radius 1 is 1.00 bits per heavy atom. The zero-order valence-electron chi connectivity index (χ0n) is 23.2. The Labute approximate surface area is 258 Å². The van der Waals surface area contributed by atoms with E-state index in [1.807, 2.05) is 31.2 Å². The van der Waals surface area contributed by atoms with Crippen molar-refractivity contribution < 1.29 is 22.8 Å². The van der Waals surface area contributed by atoms with Gasteiger partial charge in [-0.3, -0.25) is 9.59 Å². The first-order valence-electron chi connectivity index (χ1n) is 13.1. The fraction of sp³-hybridized carbons (Fsp3) is 0.207. The molecule has 0 saturated carbocycles. The van der Waals surface area contributed by atoms with Crippen LogP contribution < -0.4 is 5.32 Å². The van der Waals surface area contributed by atoms with Crippen molar-refractivity contribution in [2.45, 2.75) is 39.5 Å². The number of aromatic nitrogens is 7. The van der Waals surface area contributed by atoms with Crippen LogP contribution in [0.15, 0.2) is 60.8 Å². The van der Waals surface area contributed by atoms with Crippen molar-refractivity contribution in [2.24, 2.45) is 0 Å². The summed E-state index contributed by atoms with van der Waals surface area (Å²) in [5.74, 6) is -2.17. The second kappa shape index (κ2) is 12.5. The quantitative estimate of drug-likeness (QED) is 0.208. The van der Waals surface area contributed by atoms with Gasteiger partial charge in [-0.1, -0.05) is 53.0 Å². The number of ketones is 1. The van der Waals surface area contributed by atoms with Gasteiger partial charge < -0.3 is 5.32 Å². The number of nitrogens with zero attached hydrogens (tertiary/aromatic N) is 7. The van der Waals surface area contributed by atoms with Gasteiger partial charge in [-0.25, -0.2) is 9.67 Å². The second-order valence-electron chi connectivity index (χ2n) is 9.90. The average molecular weight is 643 g/mol. The number of halogens is 5. The number of carbonyl (C=O) groups is 2. The third-order valence-electron chi connectivity index (χ3n) is 6.55. The standard InChI is InChI=1S/C29H23Cl2F3N8O2/c1-16-5-3-6-18(9-16)14-36-27(44)22-11-19(30)10-17(2)21(22)13-25(43)24-12-20(15-41-39-28(37-40-41)29(32,33)34)38-42(24)26-23(31)7-4-8-35-26/h3-12H,13-15H2,1-2H3,(H,36,44). The Kier molecular flexibility index (Phi) is 8.79. The Morgan fingerprint density at radius 2 is 1.80 bits per heavy atom. The monoisotopic (exact) mass is 642 g/mol. The molecule has 44 heavy (non-hydrogen) atoms. The molecule has 10 nitrogen and oxygen atoms in total. The van der Waals surface area contributed by atoms with Crippen LogP contribution in [0.3, 0.4) is 0 Å². The van der Waals surface area contributed by atoms with Gasteiger partial charge in [0.1, 0.15) is 12.2 Å². The molecule has 0 aliphatic heterocycles. The fourth-order valence-electron chi connectivity index (χ4n) is 4.53. The number of rotatable bonds is 9. The number of benzene rings is 2. The van der Waals surface area contributed by atoms with Gasteiger partial charge in [0, 0.05) is 29.7 Å². The second-order valence-corrected chi connectivity index (χ2v) is 10.7. The van der Waals surface area contributed by atoms with Gasteiger partial charge in [0.2, 0.25) is 0 Å². The molecule has 0 bridgehead atoms. The van der Waals surface area contributed by atoms with Crippen LogP contribution in [0.2, 0.25) is 10.0 Å². The molecular weight excluding hydrogens is 620 g/mol. The minimum absolute atomic E-state index is 0.0252. The predicted octanol–water partition coefficient (Wildman–Crippen LogP) is 5.60. The van der Waals surface area contributed by atoms with E-state index in [-0.39, 0.29) is 47.3 Å². The molecule has 5 rings (SSSR count). The summed E-state index contributed by atoms with van der Waals surface area (Å²) >= 11 is 12.7. The van der Waals surface area contributed by atoms with Gasteiger partial charge in [0.25, 0.3) is 11.7 Å². The van der Waals surface area contributed by atoms with Crippen LogP contribution in [0.4, 0.5) is 13.2 Å². The van der Waals surface area contributed by atoms with Crippen LogP contribution in [-0.2, 0) is 25.7 Å². The molecule has 3 heterocycles. The summed E-state index contributed by atoms with van der Waals surface area (Å²) in [7, 11) is 0. The average Bonchev–Trinajstić information content (AvgIpc) is 3.61. The van der Waals surface area contributed by atoms with Crippen molar-refractivity contribution in [3.63, 3.8) is 0 Å². The summed E-state index contributed by atoms with van der Waals surface area (Å²) in [4.78, 5) is 32.1. The number of pyridine rings is 1. The molecular formula is C29H23Cl2F3N8O2. The van der Waals surface area contributed by atoms with Crippen LogP contribution in [0.5, 0.6) is 0 Å². The Hall–Kier alpha value is -4.62. The molecule has 0 radical (unpaired) electrons. The van der Waals surface area contributed by atoms with E-state index < -0.39 is 23.7 Å². The summed E-state index contributed by atoms with van der Waals surface area (Å²) in [5.41, 5.74) is 3.40. The molecule has 5 aromatic rings. The summed E-state index contributed by atoms with van der Waals surface area (Å²) in [6, 6.07) is 15.4. The topological polar surface area (TPSA) is 120 Å². The minimum atomic E-state index is -4.78. The predicted molar refractivity (Wildman–Crippen MR) is 155 cm³/mol. The number of tetrazole rings is 1. The highest BCUT2D eigenvalue weighted by atomic mass is 35.5. The van der Waals surface area contributed by atoms with Gasteiger partial charge in [0.15, 0.2) is 11.6 Å². The van der Waals surface area contributed by atoms with Gasteiger partial charge in [-0.05, 0) is 66.1 Å². The van der Waals surface area contributed by atoms with E-state index in [0.29, 0.717) is 20.9 Å². The van der Waals surface area contributed by atoms with Gasteiger partial charge >= 0.3 is 6.18 Å². The lowest BCUT2D eigenvalue weighted by Gasteiger charge is -2.14. The molecule has 0 aliphatic carbocycles. The maximum Gasteiger partial charge on any atom is 0.455 e. The first-order chi connectivity index (χ1) is 20.9. The number of amides is 1. The third-order valence-corrected chi connectivity index (χ3v) is 7.06. The van der Waals surface area contributed by atoms with Crippen LogP contribution in [-0.4, -0.2) is 46.7 Å². The zero-order chi connectivity index (χ0) is 31.6. The molecule has 0 atom stereocenters. The Morgan fingerprint density at radius 3 is 2.50 bits per heavy atom.